The van der Waals surface area contributed by atoms with Crippen molar-refractivity contribution in [3.63, 3.8) is 0 Å². The summed E-state index contributed by atoms with van der Waals surface area (Å²) in [6.45, 7) is 1.18. The lowest BCUT2D eigenvalue weighted by Gasteiger charge is -2.08. The summed E-state index contributed by atoms with van der Waals surface area (Å²) in [6.07, 6.45) is 3.27. The van der Waals surface area contributed by atoms with Crippen LogP contribution >= 0.6 is 11.8 Å². The number of ether oxygens (including phenoxy) is 2. The molecule has 31 heavy (non-hydrogen) atoms. The fourth-order valence-corrected chi connectivity index (χ4v) is 4.06. The fourth-order valence-electron chi connectivity index (χ4n) is 3.04. The van der Waals surface area contributed by atoms with Crippen LogP contribution in [-0.4, -0.2) is 48.1 Å². The molecule has 0 atom stereocenters. The van der Waals surface area contributed by atoms with Crippen molar-refractivity contribution in [3.8, 4) is 11.5 Å². The van der Waals surface area contributed by atoms with E-state index in [-0.39, 0.29) is 28.6 Å². The van der Waals surface area contributed by atoms with Crippen molar-refractivity contribution in [2.75, 3.05) is 33.2 Å². The maximum absolute atomic E-state index is 12.5. The quantitative estimate of drug-likeness (QED) is 0.562. The SMILES string of the molecule is CN(C)CCSc1ccc(/C=c2\[nH]c(=O)/c(=C/c3ccc4c(c3)OCO4)[nH]c2=O)cc1. The zero-order valence-electron chi connectivity index (χ0n) is 17.3. The van der Waals surface area contributed by atoms with Crippen molar-refractivity contribution in [1.82, 2.24) is 14.9 Å². The molecule has 7 nitrogen and oxygen atoms in total. The Morgan fingerprint density at radius 1 is 0.903 bits per heavy atom. The molecule has 4 rings (SSSR count). The molecular formula is C23H23N3O4S. The highest BCUT2D eigenvalue weighted by Gasteiger charge is 2.12. The van der Waals surface area contributed by atoms with Crippen LogP contribution in [0.5, 0.6) is 11.5 Å². The van der Waals surface area contributed by atoms with Gasteiger partial charge in [0.05, 0.1) is 0 Å². The van der Waals surface area contributed by atoms with Gasteiger partial charge in [-0.05, 0) is 61.6 Å². The molecule has 0 bridgehead atoms. The Kier molecular flexibility index (Phi) is 6.29. The summed E-state index contributed by atoms with van der Waals surface area (Å²) in [4.78, 5) is 33.7. The van der Waals surface area contributed by atoms with Gasteiger partial charge in [-0.2, -0.15) is 0 Å². The smallest absolute Gasteiger partial charge is 0.272 e. The third kappa shape index (κ3) is 5.28. The van der Waals surface area contributed by atoms with Crippen LogP contribution in [0.15, 0.2) is 56.9 Å². The molecule has 0 saturated carbocycles. The first-order valence-corrected chi connectivity index (χ1v) is 10.8. The summed E-state index contributed by atoms with van der Waals surface area (Å²) in [7, 11) is 4.10. The second kappa shape index (κ2) is 9.28. The third-order valence-corrected chi connectivity index (χ3v) is 5.68. The minimum atomic E-state index is -0.376. The Bertz CT molecular complexity index is 1310. The van der Waals surface area contributed by atoms with Gasteiger partial charge in [-0.25, -0.2) is 0 Å². The van der Waals surface area contributed by atoms with Crippen LogP contribution < -0.4 is 31.3 Å². The molecule has 0 spiro atoms. The summed E-state index contributed by atoms with van der Waals surface area (Å²) in [5.74, 6) is 2.28. The fraction of sp³-hybridized carbons (Fsp3) is 0.217. The van der Waals surface area contributed by atoms with Crippen molar-refractivity contribution in [2.24, 2.45) is 0 Å². The molecule has 1 aliphatic heterocycles. The number of aromatic amines is 2. The lowest BCUT2D eigenvalue weighted by atomic mass is 10.2. The summed E-state index contributed by atoms with van der Waals surface area (Å²) in [5.41, 5.74) is 0.825. The summed E-state index contributed by atoms with van der Waals surface area (Å²) < 4.78 is 10.6. The lowest BCUT2D eigenvalue weighted by Crippen LogP contribution is -2.46. The molecule has 1 aromatic heterocycles. The van der Waals surface area contributed by atoms with Crippen molar-refractivity contribution in [3.05, 3.63) is 85.0 Å². The molecule has 0 amide bonds. The second-order valence-corrected chi connectivity index (χ2v) is 8.53. The van der Waals surface area contributed by atoms with Crippen LogP contribution in [-0.2, 0) is 0 Å². The molecule has 0 unspecified atom stereocenters. The van der Waals surface area contributed by atoms with Gasteiger partial charge in [-0.3, -0.25) is 9.59 Å². The van der Waals surface area contributed by atoms with E-state index in [4.69, 9.17) is 9.47 Å². The lowest BCUT2D eigenvalue weighted by molar-refractivity contribution is 0.174. The van der Waals surface area contributed by atoms with Crippen molar-refractivity contribution >= 4 is 23.9 Å². The molecule has 3 aromatic rings. The van der Waals surface area contributed by atoms with Gasteiger partial charge in [0.15, 0.2) is 11.5 Å². The average Bonchev–Trinajstić information content (AvgIpc) is 3.20. The topological polar surface area (TPSA) is 87.4 Å². The molecule has 160 valence electrons. The van der Waals surface area contributed by atoms with E-state index in [1.807, 2.05) is 24.3 Å². The molecule has 0 saturated heterocycles. The maximum atomic E-state index is 12.5. The molecule has 0 fully saturated rings. The predicted octanol–water partition coefficient (Wildman–Crippen LogP) is 1.10. The third-order valence-electron chi connectivity index (χ3n) is 4.69. The van der Waals surface area contributed by atoms with Crippen LogP contribution in [0.4, 0.5) is 0 Å². The van der Waals surface area contributed by atoms with Crippen LogP contribution in [0.2, 0.25) is 0 Å². The molecule has 0 radical (unpaired) electrons. The van der Waals surface area contributed by atoms with Crippen LogP contribution in [0.1, 0.15) is 11.1 Å². The molecule has 8 heteroatoms. The number of benzene rings is 2. The van der Waals surface area contributed by atoms with E-state index < -0.39 is 0 Å². The molecular weight excluding hydrogens is 414 g/mol. The van der Waals surface area contributed by atoms with Gasteiger partial charge in [0.2, 0.25) is 6.79 Å². The molecule has 0 aliphatic carbocycles. The van der Waals surface area contributed by atoms with E-state index >= 15 is 0 Å². The van der Waals surface area contributed by atoms with Gasteiger partial charge >= 0.3 is 0 Å². The number of hydrogen-bond donors (Lipinski definition) is 2. The van der Waals surface area contributed by atoms with E-state index in [2.05, 4.69) is 29.0 Å². The Morgan fingerprint density at radius 2 is 1.52 bits per heavy atom. The second-order valence-electron chi connectivity index (χ2n) is 7.36. The Labute approximate surface area is 183 Å². The van der Waals surface area contributed by atoms with Gasteiger partial charge in [0.25, 0.3) is 11.1 Å². The molecule has 2 N–H and O–H groups in total. The van der Waals surface area contributed by atoms with E-state index in [1.165, 1.54) is 0 Å². The highest BCUT2D eigenvalue weighted by Crippen LogP contribution is 2.32. The zero-order valence-corrected chi connectivity index (χ0v) is 18.1. The number of rotatable bonds is 6. The largest absolute Gasteiger partial charge is 0.454 e. The molecule has 2 heterocycles. The van der Waals surface area contributed by atoms with Crippen LogP contribution in [0, 0.1) is 0 Å². The highest BCUT2D eigenvalue weighted by molar-refractivity contribution is 7.99. The van der Waals surface area contributed by atoms with Gasteiger partial charge in [0.1, 0.15) is 10.7 Å². The molecule has 1 aliphatic rings. The zero-order chi connectivity index (χ0) is 21.8. The Balaban J connectivity index is 1.58. The van der Waals surface area contributed by atoms with Gasteiger partial charge in [-0.15, -0.1) is 11.8 Å². The maximum Gasteiger partial charge on any atom is 0.272 e. The Hall–Kier alpha value is -3.23. The van der Waals surface area contributed by atoms with E-state index in [0.29, 0.717) is 11.5 Å². The number of fused-ring (bicyclic) bond motifs is 1. The van der Waals surface area contributed by atoms with Crippen LogP contribution in [0.25, 0.3) is 12.2 Å². The first kappa shape index (κ1) is 21.0. The summed E-state index contributed by atoms with van der Waals surface area (Å²) >= 11 is 1.78. The van der Waals surface area contributed by atoms with Gasteiger partial charge < -0.3 is 24.3 Å². The highest BCUT2D eigenvalue weighted by atomic mass is 32.2. The number of aromatic nitrogens is 2. The van der Waals surface area contributed by atoms with Crippen LogP contribution in [0.3, 0.4) is 0 Å². The summed E-state index contributed by atoms with van der Waals surface area (Å²) in [6, 6.07) is 13.2. The van der Waals surface area contributed by atoms with E-state index in [9.17, 15) is 9.59 Å². The average molecular weight is 438 g/mol. The van der Waals surface area contributed by atoms with Crippen molar-refractivity contribution in [1.29, 1.82) is 0 Å². The number of thioether (sulfide) groups is 1. The standard InChI is InChI=1S/C23H23N3O4S/c1-26(2)9-10-31-17-6-3-15(4-7-17)11-18-22(27)25-19(23(28)24-18)12-16-5-8-20-21(13-16)30-14-29-20/h3-8,11-13H,9-10,14H2,1-2H3,(H,24,28)(H,25,27)/b18-11-,19-12-. The number of H-pyrrole nitrogens is 2. The van der Waals surface area contributed by atoms with Crippen molar-refractivity contribution < 1.29 is 9.47 Å². The number of nitrogens with zero attached hydrogens (tertiary/aromatic N) is 1. The van der Waals surface area contributed by atoms with E-state index in [1.54, 1.807) is 42.1 Å². The van der Waals surface area contributed by atoms with E-state index in [0.717, 1.165) is 28.3 Å². The van der Waals surface area contributed by atoms with Crippen molar-refractivity contribution in [2.45, 2.75) is 4.90 Å². The summed E-state index contributed by atoms with van der Waals surface area (Å²) in [5, 5.41) is 0.384. The molecule has 2 aromatic carbocycles. The normalized spacial score (nSPS) is 13.9. The predicted molar refractivity (Wildman–Crippen MR) is 122 cm³/mol. The monoisotopic (exact) mass is 437 g/mol. The number of hydrogen-bond acceptors (Lipinski definition) is 6. The Morgan fingerprint density at radius 3 is 2.19 bits per heavy atom. The first-order chi connectivity index (χ1) is 15.0. The first-order valence-electron chi connectivity index (χ1n) is 9.81. The minimum Gasteiger partial charge on any atom is -0.454 e. The minimum absolute atomic E-state index is 0.175. The van der Waals surface area contributed by atoms with Gasteiger partial charge in [-0.1, -0.05) is 18.2 Å². The number of nitrogens with one attached hydrogen (secondary N) is 2. The van der Waals surface area contributed by atoms with Gasteiger partial charge in [0, 0.05) is 17.2 Å².